The smallest absolute Gasteiger partial charge is 0.231 e. The molecule has 2 rings (SSSR count). The lowest BCUT2D eigenvalue weighted by atomic mass is 9.99. The van der Waals surface area contributed by atoms with E-state index in [9.17, 15) is 0 Å². The third-order valence-electron chi connectivity index (χ3n) is 2.88. The van der Waals surface area contributed by atoms with Crippen molar-refractivity contribution in [3.63, 3.8) is 0 Å². The molecule has 0 bridgehead atoms. The highest BCUT2D eigenvalue weighted by molar-refractivity contribution is 7.09. The number of rotatable bonds is 5. The first kappa shape index (κ1) is 13.2. The molecular formula is C12H18N4OS. The minimum atomic E-state index is 0.0183. The van der Waals surface area contributed by atoms with E-state index < -0.39 is 0 Å². The van der Waals surface area contributed by atoms with Crippen molar-refractivity contribution in [3.05, 3.63) is 27.8 Å². The van der Waals surface area contributed by atoms with Gasteiger partial charge in [-0.25, -0.2) is 4.98 Å². The Kier molecular flexibility index (Phi) is 4.08. The number of nitrogens with two attached hydrogens (primary N) is 1. The van der Waals surface area contributed by atoms with E-state index >= 15 is 0 Å². The maximum absolute atomic E-state index is 5.91. The van der Waals surface area contributed by atoms with Gasteiger partial charge in [0.05, 0.1) is 23.0 Å². The molecule has 2 unspecified atom stereocenters. The van der Waals surface area contributed by atoms with Crippen molar-refractivity contribution in [1.29, 1.82) is 0 Å². The normalized spacial score (nSPS) is 14.7. The molecule has 0 saturated heterocycles. The molecule has 2 aromatic heterocycles. The minimum Gasteiger partial charge on any atom is -0.339 e. The molecule has 2 atom stereocenters. The van der Waals surface area contributed by atoms with E-state index in [-0.39, 0.29) is 12.0 Å². The second-order valence-electron chi connectivity index (χ2n) is 4.46. The van der Waals surface area contributed by atoms with Gasteiger partial charge in [0.2, 0.25) is 5.89 Å². The number of hydrogen-bond donors (Lipinski definition) is 1. The van der Waals surface area contributed by atoms with E-state index in [1.165, 1.54) is 0 Å². The summed E-state index contributed by atoms with van der Waals surface area (Å²) in [6.07, 6.45) is 1.51. The molecule has 6 heteroatoms. The summed E-state index contributed by atoms with van der Waals surface area (Å²) in [5, 5.41) is 7.07. The topological polar surface area (TPSA) is 77.8 Å². The van der Waals surface area contributed by atoms with Gasteiger partial charge < -0.3 is 10.3 Å². The summed E-state index contributed by atoms with van der Waals surface area (Å²) >= 11 is 1.63. The van der Waals surface area contributed by atoms with Gasteiger partial charge in [-0.3, -0.25) is 0 Å². The summed E-state index contributed by atoms with van der Waals surface area (Å²) in [4.78, 5) is 8.80. The summed E-state index contributed by atoms with van der Waals surface area (Å²) in [7, 11) is 0. The first-order valence-electron chi connectivity index (χ1n) is 6.09. The lowest BCUT2D eigenvalue weighted by Crippen LogP contribution is -2.24. The number of hydrogen-bond acceptors (Lipinski definition) is 6. The van der Waals surface area contributed by atoms with Gasteiger partial charge in [-0.05, 0) is 20.3 Å². The molecule has 0 aromatic carbocycles. The van der Waals surface area contributed by atoms with Crippen molar-refractivity contribution < 1.29 is 4.52 Å². The van der Waals surface area contributed by atoms with Gasteiger partial charge in [0.15, 0.2) is 5.82 Å². The molecule has 2 N–H and O–H groups in total. The fourth-order valence-corrected chi connectivity index (χ4v) is 2.53. The summed E-state index contributed by atoms with van der Waals surface area (Å²) in [5.41, 5.74) is 6.89. The Morgan fingerprint density at radius 2 is 2.22 bits per heavy atom. The molecular weight excluding hydrogens is 248 g/mol. The van der Waals surface area contributed by atoms with Gasteiger partial charge in [-0.1, -0.05) is 12.1 Å². The van der Waals surface area contributed by atoms with Gasteiger partial charge in [-0.2, -0.15) is 4.98 Å². The van der Waals surface area contributed by atoms with Crippen LogP contribution in [0.5, 0.6) is 0 Å². The molecule has 0 spiro atoms. The predicted octanol–water partition coefficient (Wildman–Crippen LogP) is 2.27. The SMILES string of the molecule is CCC(c1nc(Cc2csc(C)n2)no1)C(C)N. The largest absolute Gasteiger partial charge is 0.339 e. The van der Waals surface area contributed by atoms with E-state index in [0.29, 0.717) is 18.1 Å². The van der Waals surface area contributed by atoms with Crippen molar-refractivity contribution in [3.8, 4) is 0 Å². The van der Waals surface area contributed by atoms with Crippen molar-refractivity contribution in [2.24, 2.45) is 5.73 Å². The van der Waals surface area contributed by atoms with Crippen LogP contribution in [0, 0.1) is 6.92 Å². The Morgan fingerprint density at radius 3 is 2.78 bits per heavy atom. The average molecular weight is 266 g/mol. The maximum atomic E-state index is 5.91. The molecule has 0 aliphatic heterocycles. The van der Waals surface area contributed by atoms with Crippen LogP contribution < -0.4 is 5.73 Å². The van der Waals surface area contributed by atoms with E-state index in [1.54, 1.807) is 11.3 Å². The molecule has 18 heavy (non-hydrogen) atoms. The van der Waals surface area contributed by atoms with Crippen molar-refractivity contribution in [2.45, 2.75) is 45.6 Å². The van der Waals surface area contributed by atoms with Gasteiger partial charge >= 0.3 is 0 Å². The van der Waals surface area contributed by atoms with Gasteiger partial charge in [0.25, 0.3) is 0 Å². The molecule has 5 nitrogen and oxygen atoms in total. The molecule has 2 heterocycles. The maximum Gasteiger partial charge on any atom is 0.231 e. The molecule has 0 aliphatic rings. The van der Waals surface area contributed by atoms with Crippen LogP contribution in [-0.2, 0) is 6.42 Å². The standard InChI is InChI=1S/C12H18N4OS/c1-4-10(7(2)13)12-15-11(16-17-12)5-9-6-18-8(3)14-9/h6-7,10H,4-5,13H2,1-3H3. The fraction of sp³-hybridized carbons (Fsp3) is 0.583. The number of thiazole rings is 1. The zero-order valence-electron chi connectivity index (χ0n) is 10.9. The lowest BCUT2D eigenvalue weighted by molar-refractivity contribution is 0.331. The zero-order chi connectivity index (χ0) is 13.1. The Bertz CT molecular complexity index is 506. The van der Waals surface area contributed by atoms with Crippen molar-refractivity contribution >= 4 is 11.3 Å². The van der Waals surface area contributed by atoms with E-state index in [1.807, 2.05) is 19.2 Å². The summed E-state index contributed by atoms with van der Waals surface area (Å²) < 4.78 is 5.29. The molecule has 0 radical (unpaired) electrons. The minimum absolute atomic E-state index is 0.0183. The van der Waals surface area contributed by atoms with Crippen LogP contribution in [0.25, 0.3) is 0 Å². The second kappa shape index (κ2) is 5.58. The molecule has 98 valence electrons. The van der Waals surface area contributed by atoms with Crippen molar-refractivity contribution in [2.75, 3.05) is 0 Å². The highest BCUT2D eigenvalue weighted by atomic mass is 32.1. The highest BCUT2D eigenvalue weighted by Gasteiger charge is 2.21. The van der Waals surface area contributed by atoms with Crippen LogP contribution in [-0.4, -0.2) is 21.2 Å². The molecule has 2 aromatic rings. The Labute approximate surface area is 110 Å². The van der Waals surface area contributed by atoms with Gasteiger partial charge in [0, 0.05) is 11.4 Å². The van der Waals surface area contributed by atoms with Crippen LogP contribution in [0.2, 0.25) is 0 Å². The Balaban J connectivity index is 2.10. The first-order valence-corrected chi connectivity index (χ1v) is 6.97. The van der Waals surface area contributed by atoms with E-state index in [0.717, 1.165) is 17.1 Å². The van der Waals surface area contributed by atoms with Crippen LogP contribution in [0.4, 0.5) is 0 Å². The molecule has 0 aliphatic carbocycles. The van der Waals surface area contributed by atoms with Crippen LogP contribution in [0.3, 0.4) is 0 Å². The van der Waals surface area contributed by atoms with E-state index in [2.05, 4.69) is 22.0 Å². The Morgan fingerprint density at radius 1 is 1.44 bits per heavy atom. The number of nitrogens with zero attached hydrogens (tertiary/aromatic N) is 3. The average Bonchev–Trinajstić information content (AvgIpc) is 2.90. The first-order chi connectivity index (χ1) is 8.60. The van der Waals surface area contributed by atoms with Crippen LogP contribution >= 0.6 is 11.3 Å². The van der Waals surface area contributed by atoms with Crippen LogP contribution in [0.15, 0.2) is 9.90 Å². The van der Waals surface area contributed by atoms with Crippen molar-refractivity contribution in [1.82, 2.24) is 15.1 Å². The van der Waals surface area contributed by atoms with E-state index in [4.69, 9.17) is 10.3 Å². The monoisotopic (exact) mass is 266 g/mol. The predicted molar refractivity (Wildman–Crippen MR) is 70.6 cm³/mol. The summed E-state index contributed by atoms with van der Waals surface area (Å²) in [6, 6.07) is 0.0183. The lowest BCUT2D eigenvalue weighted by Gasteiger charge is -2.13. The summed E-state index contributed by atoms with van der Waals surface area (Å²) in [6.45, 7) is 6.02. The molecule has 0 fully saturated rings. The molecule has 0 amide bonds. The molecule has 0 saturated carbocycles. The summed E-state index contributed by atoms with van der Waals surface area (Å²) in [5.74, 6) is 1.44. The Hall–Kier alpha value is -1.27. The third kappa shape index (κ3) is 2.94. The zero-order valence-corrected chi connectivity index (χ0v) is 11.7. The number of aryl methyl sites for hydroxylation is 1. The van der Waals surface area contributed by atoms with Crippen LogP contribution in [0.1, 0.15) is 48.6 Å². The quantitative estimate of drug-likeness (QED) is 0.898. The van der Waals surface area contributed by atoms with Gasteiger partial charge in [0.1, 0.15) is 0 Å². The van der Waals surface area contributed by atoms with Gasteiger partial charge in [-0.15, -0.1) is 11.3 Å². The third-order valence-corrected chi connectivity index (χ3v) is 3.70. The fourth-order valence-electron chi connectivity index (χ4n) is 1.91. The number of aromatic nitrogens is 3. The second-order valence-corrected chi connectivity index (χ2v) is 5.52. The highest BCUT2D eigenvalue weighted by Crippen LogP contribution is 2.21.